The number of nitrogens with two attached hydrogens (primary N) is 1. The van der Waals surface area contributed by atoms with E-state index in [0.29, 0.717) is 4.75 Å². The zero-order valence-electron chi connectivity index (χ0n) is 11.9. The Morgan fingerprint density at radius 1 is 1.45 bits per heavy atom. The fourth-order valence-corrected chi connectivity index (χ4v) is 3.94. The van der Waals surface area contributed by atoms with Gasteiger partial charge in [0.15, 0.2) is 0 Å². The van der Waals surface area contributed by atoms with Crippen LogP contribution in [-0.4, -0.2) is 26.0 Å². The van der Waals surface area contributed by atoms with Gasteiger partial charge in [0.25, 0.3) is 0 Å². The highest BCUT2D eigenvalue weighted by Gasteiger charge is 2.35. The molecule has 1 atom stereocenters. The van der Waals surface area contributed by atoms with Gasteiger partial charge in [0.05, 0.1) is 4.90 Å². The lowest BCUT2D eigenvalue weighted by Gasteiger charge is -2.41. The van der Waals surface area contributed by atoms with Crippen LogP contribution in [0.25, 0.3) is 0 Å². The maximum Gasteiger partial charge on any atom is 0.238 e. The zero-order valence-corrected chi connectivity index (χ0v) is 13.6. The molecule has 3 N–H and O–H groups in total. The van der Waals surface area contributed by atoms with Crippen LogP contribution in [0.1, 0.15) is 37.8 Å². The monoisotopic (exact) mass is 314 g/mol. The molecule has 1 aromatic carbocycles. The second-order valence-electron chi connectivity index (χ2n) is 5.46. The Hall–Kier alpha value is -0.560. The molecule has 0 amide bonds. The summed E-state index contributed by atoms with van der Waals surface area (Å²) >= 11 is 1.93. The molecular formula is C14H22N2O2S2. The molecule has 1 saturated carbocycles. The topological polar surface area (TPSA) is 72.2 Å². The molecule has 4 nitrogen and oxygen atoms in total. The fourth-order valence-electron chi connectivity index (χ4n) is 2.44. The van der Waals surface area contributed by atoms with Crippen molar-refractivity contribution in [1.29, 1.82) is 0 Å². The first-order chi connectivity index (χ1) is 9.36. The van der Waals surface area contributed by atoms with Crippen LogP contribution in [0.3, 0.4) is 0 Å². The molecule has 1 unspecified atom stereocenters. The standard InChI is InChI=1S/C14H22N2O2S2/c1-11(16-10-14(19-2)7-4-8-14)12-5-3-6-13(9-12)20(15,17)18/h3,5-6,9,11,16H,4,7-8,10H2,1-2H3,(H2,15,17,18). The van der Waals surface area contributed by atoms with Crippen LogP contribution in [0, 0.1) is 0 Å². The summed E-state index contributed by atoms with van der Waals surface area (Å²) in [6.07, 6.45) is 5.97. The van der Waals surface area contributed by atoms with Gasteiger partial charge >= 0.3 is 0 Å². The van der Waals surface area contributed by atoms with Crippen molar-refractivity contribution in [2.75, 3.05) is 12.8 Å². The minimum absolute atomic E-state index is 0.112. The summed E-state index contributed by atoms with van der Waals surface area (Å²) in [6, 6.07) is 6.96. The molecule has 6 heteroatoms. The van der Waals surface area contributed by atoms with Crippen molar-refractivity contribution in [1.82, 2.24) is 5.32 Å². The molecular weight excluding hydrogens is 292 g/mol. The van der Waals surface area contributed by atoms with Crippen LogP contribution >= 0.6 is 11.8 Å². The van der Waals surface area contributed by atoms with Gasteiger partial charge in [-0.3, -0.25) is 0 Å². The lowest BCUT2D eigenvalue weighted by molar-refractivity contribution is 0.334. The van der Waals surface area contributed by atoms with Crippen LogP contribution in [0.15, 0.2) is 29.2 Å². The first kappa shape index (κ1) is 15.8. The summed E-state index contributed by atoms with van der Waals surface area (Å²) in [7, 11) is -3.63. The smallest absolute Gasteiger partial charge is 0.238 e. The average Bonchev–Trinajstić information content (AvgIpc) is 2.37. The van der Waals surface area contributed by atoms with E-state index in [4.69, 9.17) is 5.14 Å². The van der Waals surface area contributed by atoms with Gasteiger partial charge in [0.2, 0.25) is 10.0 Å². The van der Waals surface area contributed by atoms with Gasteiger partial charge in [0.1, 0.15) is 0 Å². The largest absolute Gasteiger partial charge is 0.309 e. The molecule has 2 rings (SSSR count). The molecule has 0 heterocycles. The third-order valence-corrected chi connectivity index (χ3v) is 6.44. The summed E-state index contributed by atoms with van der Waals surface area (Å²) in [6.45, 7) is 3.00. The number of rotatable bonds is 6. The van der Waals surface area contributed by atoms with E-state index in [0.717, 1.165) is 12.1 Å². The van der Waals surface area contributed by atoms with Crippen molar-refractivity contribution < 1.29 is 8.42 Å². The summed E-state index contributed by atoms with van der Waals surface area (Å²) in [4.78, 5) is 0.173. The summed E-state index contributed by atoms with van der Waals surface area (Å²) in [5.74, 6) is 0. The number of primary sulfonamides is 1. The van der Waals surface area contributed by atoms with Crippen LogP contribution < -0.4 is 10.5 Å². The van der Waals surface area contributed by atoms with Gasteiger partial charge in [-0.05, 0) is 43.7 Å². The molecule has 0 bridgehead atoms. The van der Waals surface area contributed by atoms with Crippen molar-refractivity contribution in [3.05, 3.63) is 29.8 Å². The van der Waals surface area contributed by atoms with Gasteiger partial charge in [-0.25, -0.2) is 13.6 Å². The Morgan fingerprint density at radius 3 is 2.65 bits per heavy atom. The Labute approximate surface area is 125 Å². The molecule has 0 radical (unpaired) electrons. The molecule has 1 aromatic rings. The second kappa shape index (κ2) is 6.05. The van der Waals surface area contributed by atoms with Crippen LogP contribution in [0.5, 0.6) is 0 Å². The molecule has 0 saturated heterocycles. The van der Waals surface area contributed by atoms with Gasteiger partial charge in [-0.15, -0.1) is 0 Å². The quantitative estimate of drug-likeness (QED) is 0.845. The Morgan fingerprint density at radius 2 is 2.15 bits per heavy atom. The minimum Gasteiger partial charge on any atom is -0.309 e. The molecule has 0 aliphatic heterocycles. The lowest BCUT2D eigenvalue weighted by atomic mass is 9.84. The second-order valence-corrected chi connectivity index (χ2v) is 8.30. The molecule has 112 valence electrons. The van der Waals surface area contributed by atoms with Gasteiger partial charge in [0, 0.05) is 17.3 Å². The Kier molecular flexibility index (Phi) is 4.79. The van der Waals surface area contributed by atoms with Crippen molar-refractivity contribution in [2.45, 2.75) is 41.9 Å². The number of nitrogens with one attached hydrogen (secondary N) is 1. The molecule has 1 aliphatic rings. The van der Waals surface area contributed by atoms with Gasteiger partial charge < -0.3 is 5.32 Å². The van der Waals surface area contributed by atoms with E-state index in [1.807, 2.05) is 17.8 Å². The summed E-state index contributed by atoms with van der Waals surface area (Å²) in [5, 5.41) is 8.68. The van der Waals surface area contributed by atoms with Gasteiger partial charge in [-0.1, -0.05) is 18.6 Å². The normalized spacial score (nSPS) is 19.4. The van der Waals surface area contributed by atoms with E-state index < -0.39 is 10.0 Å². The third kappa shape index (κ3) is 3.55. The predicted octanol–water partition coefficient (Wildman–Crippen LogP) is 2.27. The fraction of sp³-hybridized carbons (Fsp3) is 0.571. The Balaban J connectivity index is 2.04. The first-order valence-corrected chi connectivity index (χ1v) is 9.55. The van der Waals surface area contributed by atoms with E-state index in [1.165, 1.54) is 25.3 Å². The third-order valence-electron chi connectivity index (χ3n) is 4.11. The van der Waals surface area contributed by atoms with Crippen molar-refractivity contribution in [3.63, 3.8) is 0 Å². The highest BCUT2D eigenvalue weighted by Crippen LogP contribution is 2.42. The van der Waals surface area contributed by atoms with E-state index in [9.17, 15) is 8.42 Å². The number of thioether (sulfide) groups is 1. The highest BCUT2D eigenvalue weighted by molar-refractivity contribution is 8.00. The maximum absolute atomic E-state index is 11.4. The van der Waals surface area contributed by atoms with Crippen LogP contribution in [0.2, 0.25) is 0 Å². The van der Waals surface area contributed by atoms with Crippen LogP contribution in [-0.2, 0) is 10.0 Å². The lowest BCUT2D eigenvalue weighted by Crippen LogP contribution is -2.44. The molecule has 0 aromatic heterocycles. The van der Waals surface area contributed by atoms with Crippen LogP contribution in [0.4, 0.5) is 0 Å². The highest BCUT2D eigenvalue weighted by atomic mass is 32.2. The maximum atomic E-state index is 11.4. The average molecular weight is 314 g/mol. The van der Waals surface area contributed by atoms with Gasteiger partial charge in [-0.2, -0.15) is 11.8 Å². The number of hydrogen-bond acceptors (Lipinski definition) is 4. The summed E-state index contributed by atoms with van der Waals surface area (Å²) in [5.41, 5.74) is 0.951. The first-order valence-electron chi connectivity index (χ1n) is 6.78. The number of benzene rings is 1. The Bertz CT molecular complexity index is 563. The predicted molar refractivity (Wildman–Crippen MR) is 84.3 cm³/mol. The molecule has 1 fully saturated rings. The van der Waals surface area contributed by atoms with E-state index in [2.05, 4.69) is 18.5 Å². The minimum atomic E-state index is -3.63. The van der Waals surface area contributed by atoms with E-state index in [-0.39, 0.29) is 10.9 Å². The number of sulfonamides is 1. The van der Waals surface area contributed by atoms with Crippen molar-refractivity contribution >= 4 is 21.8 Å². The van der Waals surface area contributed by atoms with Crippen molar-refractivity contribution in [2.24, 2.45) is 5.14 Å². The zero-order chi connectivity index (χ0) is 14.8. The van der Waals surface area contributed by atoms with E-state index in [1.54, 1.807) is 12.1 Å². The SMILES string of the molecule is CSC1(CNC(C)c2cccc(S(N)(=O)=O)c2)CCC1. The summed E-state index contributed by atoms with van der Waals surface area (Å²) < 4.78 is 23.1. The van der Waals surface area contributed by atoms with Crippen molar-refractivity contribution in [3.8, 4) is 0 Å². The molecule has 0 spiro atoms. The number of hydrogen-bond donors (Lipinski definition) is 2. The molecule has 20 heavy (non-hydrogen) atoms. The van der Waals surface area contributed by atoms with E-state index >= 15 is 0 Å². The molecule has 1 aliphatic carbocycles.